The van der Waals surface area contributed by atoms with E-state index in [2.05, 4.69) is 15.2 Å². The minimum absolute atomic E-state index is 0.0589. The van der Waals surface area contributed by atoms with Gasteiger partial charge in [-0.05, 0) is 80.0 Å². The predicted octanol–water partition coefficient (Wildman–Crippen LogP) is 8.23. The Labute approximate surface area is 268 Å². The number of fused-ring (bicyclic) bond motifs is 2. The van der Waals surface area contributed by atoms with Gasteiger partial charge in [-0.15, -0.1) is 13.2 Å². The van der Waals surface area contributed by atoms with Crippen molar-refractivity contribution in [1.82, 2.24) is 10.1 Å². The SMILES string of the molecule is O=C(O)c1ccc(NC(=O)N2C3CCC2CC(OCc2c(-c4ccccc4OC(F)(F)F)noc2C2CC2)C3)cc1-c1ccccc1. The smallest absolute Gasteiger partial charge is 0.478 e. The summed E-state index contributed by atoms with van der Waals surface area (Å²) in [4.78, 5) is 27.3. The maximum atomic E-state index is 13.6. The van der Waals surface area contributed by atoms with Crippen LogP contribution in [0.15, 0.2) is 77.3 Å². The Balaban J connectivity index is 1.05. The van der Waals surface area contributed by atoms with Gasteiger partial charge in [0.2, 0.25) is 0 Å². The van der Waals surface area contributed by atoms with Crippen LogP contribution in [0.4, 0.5) is 23.7 Å². The third kappa shape index (κ3) is 6.55. The number of amides is 2. The van der Waals surface area contributed by atoms with Crippen molar-refractivity contribution in [2.24, 2.45) is 0 Å². The molecule has 2 N–H and O–H groups in total. The third-order valence-corrected chi connectivity index (χ3v) is 9.11. The van der Waals surface area contributed by atoms with Crippen LogP contribution in [-0.4, -0.2) is 51.7 Å². The van der Waals surface area contributed by atoms with E-state index < -0.39 is 12.3 Å². The second-order valence-electron chi connectivity index (χ2n) is 12.3. The van der Waals surface area contributed by atoms with Crippen molar-refractivity contribution in [3.8, 4) is 28.1 Å². The summed E-state index contributed by atoms with van der Waals surface area (Å²) in [6.07, 6.45) is -0.376. The van der Waals surface area contributed by atoms with Crippen LogP contribution in [0.25, 0.3) is 22.4 Å². The predicted molar refractivity (Wildman–Crippen MR) is 165 cm³/mol. The molecule has 1 aliphatic carbocycles. The zero-order valence-corrected chi connectivity index (χ0v) is 25.2. The second kappa shape index (κ2) is 12.4. The van der Waals surface area contributed by atoms with Crippen LogP contribution in [-0.2, 0) is 11.3 Å². The first-order valence-corrected chi connectivity index (χ1v) is 15.6. The molecule has 12 heteroatoms. The largest absolute Gasteiger partial charge is 0.573 e. The number of anilines is 1. The molecule has 3 aliphatic rings. The minimum atomic E-state index is -4.86. The van der Waals surface area contributed by atoms with Gasteiger partial charge >= 0.3 is 18.4 Å². The van der Waals surface area contributed by atoms with Crippen molar-refractivity contribution in [3.05, 3.63) is 89.7 Å². The van der Waals surface area contributed by atoms with Crippen molar-refractivity contribution >= 4 is 17.7 Å². The van der Waals surface area contributed by atoms with E-state index in [4.69, 9.17) is 9.26 Å². The highest BCUT2D eigenvalue weighted by molar-refractivity contribution is 5.98. The van der Waals surface area contributed by atoms with Crippen molar-refractivity contribution < 1.29 is 41.9 Å². The Kier molecular flexibility index (Phi) is 8.13. The maximum absolute atomic E-state index is 13.6. The lowest BCUT2D eigenvalue weighted by Gasteiger charge is -2.38. The van der Waals surface area contributed by atoms with Crippen molar-refractivity contribution in [2.45, 2.75) is 75.6 Å². The molecular formula is C35H32F3N3O6. The number of aromatic nitrogens is 1. The Morgan fingerprint density at radius 3 is 2.32 bits per heavy atom. The first-order valence-electron chi connectivity index (χ1n) is 15.6. The van der Waals surface area contributed by atoms with Crippen molar-refractivity contribution in [2.75, 3.05) is 5.32 Å². The Morgan fingerprint density at radius 2 is 1.64 bits per heavy atom. The molecule has 0 spiro atoms. The van der Waals surface area contributed by atoms with Crippen molar-refractivity contribution in [1.29, 1.82) is 0 Å². The van der Waals surface area contributed by atoms with Gasteiger partial charge in [0.25, 0.3) is 0 Å². The van der Waals surface area contributed by atoms with Crippen LogP contribution < -0.4 is 10.1 Å². The summed E-state index contributed by atoms with van der Waals surface area (Å²) in [5.41, 5.74) is 2.96. The summed E-state index contributed by atoms with van der Waals surface area (Å²) in [5, 5.41) is 16.9. The number of hydrogen-bond donors (Lipinski definition) is 2. The number of nitrogens with zero attached hydrogens (tertiary/aromatic N) is 2. The molecule has 7 rings (SSSR count). The summed E-state index contributed by atoms with van der Waals surface area (Å²) >= 11 is 0. The second-order valence-corrected chi connectivity index (χ2v) is 12.3. The van der Waals surface area contributed by atoms with Gasteiger partial charge in [0, 0.05) is 34.8 Å². The number of aromatic carboxylic acids is 1. The minimum Gasteiger partial charge on any atom is -0.478 e. The molecule has 3 aromatic carbocycles. The quantitative estimate of drug-likeness (QED) is 0.188. The number of rotatable bonds is 9. The number of piperidine rings is 1. The third-order valence-electron chi connectivity index (χ3n) is 9.11. The standard InChI is InChI=1S/C35H32F3N3O6/c36-35(37,38)46-30-9-5-4-8-27(30)31-29(32(47-40-31)21-10-11-21)19-45-25-17-23-13-14-24(18-25)41(23)34(44)39-22-12-15-26(33(42)43)28(16-22)20-6-2-1-3-7-20/h1-9,12,15-16,21,23-25H,10-11,13-14,17-19H2,(H,39,44)(H,42,43). The molecule has 9 nitrogen and oxygen atoms in total. The number of nitrogens with one attached hydrogen (secondary N) is 1. The number of hydrogen-bond acceptors (Lipinski definition) is 6. The molecular weight excluding hydrogens is 615 g/mol. The lowest BCUT2D eigenvalue weighted by molar-refractivity contribution is -0.274. The van der Waals surface area contributed by atoms with Gasteiger partial charge < -0.3 is 29.3 Å². The lowest BCUT2D eigenvalue weighted by Crippen LogP contribution is -2.50. The number of ether oxygens (including phenoxy) is 2. The molecule has 47 heavy (non-hydrogen) atoms. The summed E-state index contributed by atoms with van der Waals surface area (Å²) in [5.74, 6) is -0.629. The average Bonchev–Trinajstić information content (AvgIpc) is 3.74. The number of alkyl halides is 3. The van der Waals surface area contributed by atoms with Gasteiger partial charge in [-0.1, -0.05) is 47.6 Å². The number of carbonyl (C=O) groups is 2. The Bertz CT molecular complexity index is 1770. The highest BCUT2D eigenvalue weighted by atomic mass is 19.4. The maximum Gasteiger partial charge on any atom is 0.573 e. The fourth-order valence-corrected chi connectivity index (χ4v) is 6.86. The monoisotopic (exact) mass is 647 g/mol. The highest BCUT2D eigenvalue weighted by Crippen LogP contribution is 2.46. The first kappa shape index (κ1) is 30.8. The molecule has 2 amide bonds. The lowest BCUT2D eigenvalue weighted by atomic mass is 9.98. The van der Waals surface area contributed by atoms with E-state index in [0.29, 0.717) is 35.4 Å². The molecule has 2 aliphatic heterocycles. The summed E-state index contributed by atoms with van der Waals surface area (Å²) in [6.45, 7) is 0.111. The zero-order chi connectivity index (χ0) is 32.7. The number of halogens is 3. The topological polar surface area (TPSA) is 114 Å². The molecule has 4 aromatic rings. The van der Waals surface area contributed by atoms with E-state index in [1.54, 1.807) is 18.2 Å². The van der Waals surface area contributed by atoms with Crippen LogP contribution in [0.5, 0.6) is 5.75 Å². The van der Waals surface area contributed by atoms with Crippen LogP contribution in [0.3, 0.4) is 0 Å². The van der Waals surface area contributed by atoms with Gasteiger partial charge in [-0.25, -0.2) is 9.59 Å². The molecule has 3 fully saturated rings. The van der Waals surface area contributed by atoms with Crippen LogP contribution in [0.1, 0.15) is 66.1 Å². The molecule has 2 bridgehead atoms. The number of urea groups is 1. The Morgan fingerprint density at radius 1 is 0.936 bits per heavy atom. The van der Waals surface area contributed by atoms with E-state index in [0.717, 1.165) is 31.2 Å². The van der Waals surface area contributed by atoms with Crippen molar-refractivity contribution in [3.63, 3.8) is 0 Å². The van der Waals surface area contributed by atoms with Crippen LogP contribution in [0, 0.1) is 0 Å². The van der Waals surface area contributed by atoms with E-state index in [9.17, 15) is 27.9 Å². The first-order chi connectivity index (χ1) is 22.6. The van der Waals surface area contributed by atoms with Gasteiger partial charge in [0.05, 0.1) is 18.3 Å². The summed E-state index contributed by atoms with van der Waals surface area (Å²) in [6, 6.07) is 19.4. The molecule has 244 valence electrons. The van der Waals surface area contributed by atoms with Crippen LogP contribution >= 0.6 is 0 Å². The molecule has 1 saturated carbocycles. The molecule has 0 radical (unpaired) electrons. The summed E-state index contributed by atoms with van der Waals surface area (Å²) < 4.78 is 55.8. The number of carboxylic acids is 1. The van der Waals surface area contributed by atoms with E-state index >= 15 is 0 Å². The highest BCUT2D eigenvalue weighted by Gasteiger charge is 2.44. The normalized spacial score (nSPS) is 20.7. The average molecular weight is 648 g/mol. The van der Waals surface area contributed by atoms with Gasteiger partial charge in [-0.2, -0.15) is 0 Å². The van der Waals surface area contributed by atoms with E-state index in [1.165, 1.54) is 24.3 Å². The zero-order valence-electron chi connectivity index (χ0n) is 25.2. The number of para-hydroxylation sites is 1. The van der Waals surface area contributed by atoms with Gasteiger partial charge in [0.15, 0.2) is 0 Å². The molecule has 2 saturated heterocycles. The number of benzene rings is 3. The molecule has 1 aromatic heterocycles. The fourth-order valence-electron chi connectivity index (χ4n) is 6.86. The Hall–Kier alpha value is -4.84. The molecule has 2 unspecified atom stereocenters. The number of carboxylic acid groups (broad SMARTS) is 1. The number of carbonyl (C=O) groups excluding carboxylic acids is 1. The molecule has 3 heterocycles. The van der Waals surface area contributed by atoms with E-state index in [1.807, 2.05) is 35.2 Å². The van der Waals surface area contributed by atoms with Gasteiger partial charge in [0.1, 0.15) is 17.2 Å². The fraction of sp³-hybridized carbons (Fsp3) is 0.343. The summed E-state index contributed by atoms with van der Waals surface area (Å²) in [7, 11) is 0. The molecule has 2 atom stereocenters. The van der Waals surface area contributed by atoms with Crippen LogP contribution in [0.2, 0.25) is 0 Å². The van der Waals surface area contributed by atoms with Gasteiger partial charge in [-0.3, -0.25) is 0 Å². The van der Waals surface area contributed by atoms with E-state index in [-0.39, 0.29) is 59.3 Å².